The topological polar surface area (TPSA) is 44.5 Å². The summed E-state index contributed by atoms with van der Waals surface area (Å²) in [4.78, 5) is 0. The van der Waals surface area contributed by atoms with E-state index in [0.717, 1.165) is 25.2 Å². The van der Waals surface area contributed by atoms with Gasteiger partial charge in [-0.1, -0.05) is 17.7 Å². The van der Waals surface area contributed by atoms with Crippen LogP contribution in [0.4, 0.5) is 5.69 Å². The van der Waals surface area contributed by atoms with Gasteiger partial charge in [-0.05, 0) is 18.6 Å². The summed E-state index contributed by atoms with van der Waals surface area (Å²) in [7, 11) is 0. The molecule has 0 aliphatic carbocycles. The zero-order valence-corrected chi connectivity index (χ0v) is 9.87. The zero-order valence-electron chi connectivity index (χ0n) is 9.12. The van der Waals surface area contributed by atoms with E-state index in [2.05, 4.69) is 0 Å². The first-order valence-corrected chi connectivity index (χ1v) is 5.83. The van der Waals surface area contributed by atoms with Crippen LogP contribution in [-0.2, 0) is 16.1 Å². The van der Waals surface area contributed by atoms with Gasteiger partial charge in [-0.15, -0.1) is 0 Å². The summed E-state index contributed by atoms with van der Waals surface area (Å²) in [5.41, 5.74) is 7.39. The average molecular weight is 242 g/mol. The van der Waals surface area contributed by atoms with Gasteiger partial charge in [0.05, 0.1) is 19.8 Å². The first-order valence-electron chi connectivity index (χ1n) is 5.45. The Morgan fingerprint density at radius 3 is 3.06 bits per heavy atom. The molecule has 1 aromatic rings. The lowest BCUT2D eigenvalue weighted by Crippen LogP contribution is -2.10. The smallest absolute Gasteiger partial charge is 0.0751 e. The maximum absolute atomic E-state index is 6.04. The fraction of sp³-hybridized carbons (Fsp3) is 0.500. The number of hydrogen-bond acceptors (Lipinski definition) is 3. The summed E-state index contributed by atoms with van der Waals surface area (Å²) in [6.45, 7) is 2.84. The Balaban J connectivity index is 1.84. The predicted molar refractivity (Wildman–Crippen MR) is 64.4 cm³/mol. The molecule has 0 aromatic heterocycles. The quantitative estimate of drug-likeness (QED) is 0.824. The number of halogens is 1. The third-order valence-electron chi connectivity index (χ3n) is 2.78. The Morgan fingerprint density at radius 1 is 1.50 bits per heavy atom. The number of rotatable bonds is 4. The van der Waals surface area contributed by atoms with Crippen LogP contribution in [0, 0.1) is 5.92 Å². The second-order valence-electron chi connectivity index (χ2n) is 4.05. The van der Waals surface area contributed by atoms with Crippen LogP contribution in [0.25, 0.3) is 0 Å². The highest BCUT2D eigenvalue weighted by molar-refractivity contribution is 6.31. The Morgan fingerprint density at radius 2 is 2.38 bits per heavy atom. The summed E-state index contributed by atoms with van der Waals surface area (Å²) < 4.78 is 10.9. The molecule has 1 unspecified atom stereocenters. The summed E-state index contributed by atoms with van der Waals surface area (Å²) in [6, 6.07) is 5.50. The molecule has 0 saturated carbocycles. The van der Waals surface area contributed by atoms with E-state index in [1.807, 2.05) is 18.2 Å². The summed E-state index contributed by atoms with van der Waals surface area (Å²) in [5, 5.41) is 0.669. The van der Waals surface area contributed by atoms with E-state index >= 15 is 0 Å². The summed E-state index contributed by atoms with van der Waals surface area (Å²) in [6.07, 6.45) is 1.08. The SMILES string of the molecule is Nc1cccc(Cl)c1COCC1CCOC1. The van der Waals surface area contributed by atoms with Gasteiger partial charge < -0.3 is 15.2 Å². The Bertz CT molecular complexity index is 331. The van der Waals surface area contributed by atoms with Crippen LogP contribution in [-0.4, -0.2) is 19.8 Å². The molecule has 2 rings (SSSR count). The van der Waals surface area contributed by atoms with E-state index in [1.54, 1.807) is 0 Å². The minimum atomic E-state index is 0.474. The largest absolute Gasteiger partial charge is 0.398 e. The summed E-state index contributed by atoms with van der Waals surface area (Å²) in [5.74, 6) is 0.517. The molecular weight excluding hydrogens is 226 g/mol. The highest BCUT2D eigenvalue weighted by Gasteiger charge is 2.15. The molecular formula is C12H16ClNO2. The molecule has 2 N–H and O–H groups in total. The highest BCUT2D eigenvalue weighted by atomic mass is 35.5. The highest BCUT2D eigenvalue weighted by Crippen LogP contribution is 2.23. The number of nitrogens with two attached hydrogens (primary N) is 1. The molecule has 1 heterocycles. The molecule has 1 aliphatic heterocycles. The number of hydrogen-bond donors (Lipinski definition) is 1. The van der Waals surface area contributed by atoms with Crippen LogP contribution in [0.5, 0.6) is 0 Å². The van der Waals surface area contributed by atoms with Crippen LogP contribution in [0.2, 0.25) is 5.02 Å². The molecule has 0 amide bonds. The molecule has 88 valence electrons. The zero-order chi connectivity index (χ0) is 11.4. The molecule has 4 heteroatoms. The lowest BCUT2D eigenvalue weighted by molar-refractivity contribution is 0.0795. The third-order valence-corrected chi connectivity index (χ3v) is 3.13. The van der Waals surface area contributed by atoms with Gasteiger partial charge in [0, 0.05) is 28.8 Å². The van der Waals surface area contributed by atoms with Crippen LogP contribution in [0.1, 0.15) is 12.0 Å². The van der Waals surface area contributed by atoms with Gasteiger partial charge in [0.25, 0.3) is 0 Å². The molecule has 0 bridgehead atoms. The number of nitrogen functional groups attached to an aromatic ring is 1. The Kier molecular flexibility index (Phi) is 4.04. The molecule has 1 saturated heterocycles. The van der Waals surface area contributed by atoms with E-state index < -0.39 is 0 Å². The average Bonchev–Trinajstić information content (AvgIpc) is 2.75. The van der Waals surface area contributed by atoms with E-state index in [0.29, 0.717) is 29.8 Å². The summed E-state index contributed by atoms with van der Waals surface area (Å²) >= 11 is 6.04. The standard InChI is InChI=1S/C12H16ClNO2/c13-11-2-1-3-12(14)10(11)8-16-7-9-4-5-15-6-9/h1-3,9H,4-8,14H2. The second-order valence-corrected chi connectivity index (χ2v) is 4.46. The second kappa shape index (κ2) is 5.53. The lowest BCUT2D eigenvalue weighted by atomic mass is 10.1. The third kappa shape index (κ3) is 2.88. The van der Waals surface area contributed by atoms with Crippen molar-refractivity contribution in [2.75, 3.05) is 25.6 Å². The van der Waals surface area contributed by atoms with E-state index in [-0.39, 0.29) is 0 Å². The number of benzene rings is 1. The van der Waals surface area contributed by atoms with Crippen molar-refractivity contribution >= 4 is 17.3 Å². The van der Waals surface area contributed by atoms with Crippen molar-refractivity contribution in [3.63, 3.8) is 0 Å². The number of ether oxygens (including phenoxy) is 2. The number of anilines is 1. The van der Waals surface area contributed by atoms with Gasteiger partial charge in [0.2, 0.25) is 0 Å². The molecule has 16 heavy (non-hydrogen) atoms. The first kappa shape index (κ1) is 11.7. The van der Waals surface area contributed by atoms with Gasteiger partial charge in [-0.2, -0.15) is 0 Å². The lowest BCUT2D eigenvalue weighted by Gasteiger charge is -2.11. The van der Waals surface area contributed by atoms with Crippen molar-refractivity contribution in [2.45, 2.75) is 13.0 Å². The molecule has 1 aromatic carbocycles. The molecule has 0 radical (unpaired) electrons. The van der Waals surface area contributed by atoms with Gasteiger partial charge in [0.1, 0.15) is 0 Å². The minimum Gasteiger partial charge on any atom is -0.398 e. The van der Waals surface area contributed by atoms with Crippen molar-refractivity contribution in [1.29, 1.82) is 0 Å². The molecule has 1 aliphatic rings. The van der Waals surface area contributed by atoms with Crippen molar-refractivity contribution in [3.8, 4) is 0 Å². The fourth-order valence-electron chi connectivity index (χ4n) is 1.77. The van der Waals surface area contributed by atoms with Crippen LogP contribution in [0.3, 0.4) is 0 Å². The van der Waals surface area contributed by atoms with Gasteiger partial charge in [-0.3, -0.25) is 0 Å². The molecule has 1 fully saturated rings. The fourth-order valence-corrected chi connectivity index (χ4v) is 2.01. The van der Waals surface area contributed by atoms with Crippen molar-refractivity contribution in [3.05, 3.63) is 28.8 Å². The minimum absolute atomic E-state index is 0.474. The monoisotopic (exact) mass is 241 g/mol. The van der Waals surface area contributed by atoms with Crippen LogP contribution < -0.4 is 5.73 Å². The van der Waals surface area contributed by atoms with Gasteiger partial charge in [0.15, 0.2) is 0 Å². The van der Waals surface area contributed by atoms with Crippen molar-refractivity contribution in [2.24, 2.45) is 5.92 Å². The van der Waals surface area contributed by atoms with E-state index in [4.69, 9.17) is 26.8 Å². The van der Waals surface area contributed by atoms with Crippen molar-refractivity contribution in [1.82, 2.24) is 0 Å². The van der Waals surface area contributed by atoms with Crippen molar-refractivity contribution < 1.29 is 9.47 Å². The van der Waals surface area contributed by atoms with Gasteiger partial charge >= 0.3 is 0 Å². The van der Waals surface area contributed by atoms with Gasteiger partial charge in [-0.25, -0.2) is 0 Å². The van der Waals surface area contributed by atoms with E-state index in [9.17, 15) is 0 Å². The van der Waals surface area contributed by atoms with Crippen LogP contribution in [0.15, 0.2) is 18.2 Å². The Labute approximate surface area is 100 Å². The molecule has 0 spiro atoms. The van der Waals surface area contributed by atoms with E-state index in [1.165, 1.54) is 0 Å². The molecule has 1 atom stereocenters. The normalized spacial score (nSPS) is 20.2. The van der Waals surface area contributed by atoms with Crippen LogP contribution >= 0.6 is 11.6 Å². The maximum atomic E-state index is 6.04. The predicted octanol–water partition coefficient (Wildman–Crippen LogP) is 2.48. The first-order chi connectivity index (χ1) is 7.77. The Hall–Kier alpha value is -0.770. The maximum Gasteiger partial charge on any atom is 0.0751 e. The molecule has 3 nitrogen and oxygen atoms in total.